The maximum absolute atomic E-state index is 13.2. The van der Waals surface area contributed by atoms with E-state index in [0.717, 1.165) is 30.5 Å². The molecule has 1 aliphatic rings. The molecule has 0 spiro atoms. The first-order valence-electron chi connectivity index (χ1n) is 9.72. The van der Waals surface area contributed by atoms with Crippen molar-refractivity contribution in [3.63, 3.8) is 0 Å². The van der Waals surface area contributed by atoms with Crippen LogP contribution < -0.4 is 5.32 Å². The number of rotatable bonds is 7. The first-order chi connectivity index (χ1) is 13.4. The topological polar surface area (TPSA) is 79.4 Å². The largest absolute Gasteiger partial charge is 0.300 e. The molecule has 8 heteroatoms. The number of aryl methyl sites for hydroxylation is 2. The monoisotopic (exact) mass is 421 g/mol. The molecule has 152 valence electrons. The van der Waals surface area contributed by atoms with Gasteiger partial charge in [0.15, 0.2) is 15.0 Å². The molecule has 1 N–H and O–H groups in total. The summed E-state index contributed by atoms with van der Waals surface area (Å²) >= 11 is 1.53. The zero-order chi connectivity index (χ0) is 20.1. The Morgan fingerprint density at radius 1 is 1.21 bits per heavy atom. The zero-order valence-corrected chi connectivity index (χ0v) is 18.0. The van der Waals surface area contributed by atoms with Gasteiger partial charge in [-0.3, -0.25) is 9.69 Å². The SMILES string of the molecule is CCCc1nc(NC(=O)C(c2ccccc2)N2CCS(=O)(=O)CC2)sc1CC. The lowest BCUT2D eigenvalue weighted by Crippen LogP contribution is -2.46. The average molecular weight is 422 g/mol. The van der Waals surface area contributed by atoms with Gasteiger partial charge in [0.05, 0.1) is 17.2 Å². The fraction of sp³-hybridized carbons (Fsp3) is 0.500. The third-order valence-corrected chi connectivity index (χ3v) is 7.69. The number of aromatic nitrogens is 1. The lowest BCUT2D eigenvalue weighted by atomic mass is 10.0. The van der Waals surface area contributed by atoms with Crippen LogP contribution in [0.15, 0.2) is 30.3 Å². The molecule has 1 atom stereocenters. The Balaban J connectivity index is 1.83. The van der Waals surface area contributed by atoms with Gasteiger partial charge >= 0.3 is 0 Å². The highest BCUT2D eigenvalue weighted by molar-refractivity contribution is 7.91. The number of sulfone groups is 1. The van der Waals surface area contributed by atoms with Crippen molar-refractivity contribution in [1.82, 2.24) is 9.88 Å². The van der Waals surface area contributed by atoms with E-state index in [4.69, 9.17) is 0 Å². The molecule has 1 fully saturated rings. The van der Waals surface area contributed by atoms with Crippen molar-refractivity contribution in [2.75, 3.05) is 29.9 Å². The van der Waals surface area contributed by atoms with Crippen LogP contribution in [0.4, 0.5) is 5.13 Å². The Hall–Kier alpha value is -1.77. The maximum Gasteiger partial charge on any atom is 0.248 e. The van der Waals surface area contributed by atoms with Crippen LogP contribution >= 0.6 is 11.3 Å². The van der Waals surface area contributed by atoms with Crippen molar-refractivity contribution in [3.05, 3.63) is 46.5 Å². The second kappa shape index (κ2) is 9.15. The van der Waals surface area contributed by atoms with Crippen molar-refractivity contribution < 1.29 is 13.2 Å². The Labute approximate surface area is 170 Å². The standard InChI is InChI=1S/C20H27N3O3S2/c1-3-8-16-17(4-2)27-20(21-16)22-19(24)18(15-9-6-5-7-10-15)23-11-13-28(25,26)14-12-23/h5-7,9-10,18H,3-4,8,11-14H2,1-2H3,(H,21,22,24). The van der Waals surface area contributed by atoms with E-state index < -0.39 is 15.9 Å². The molecule has 1 saturated heterocycles. The van der Waals surface area contributed by atoms with Gasteiger partial charge < -0.3 is 5.32 Å². The highest BCUT2D eigenvalue weighted by atomic mass is 32.2. The molecule has 1 amide bonds. The molecule has 28 heavy (non-hydrogen) atoms. The van der Waals surface area contributed by atoms with E-state index in [9.17, 15) is 13.2 Å². The highest BCUT2D eigenvalue weighted by Gasteiger charge is 2.33. The fourth-order valence-electron chi connectivity index (χ4n) is 3.47. The molecule has 0 aliphatic carbocycles. The van der Waals surface area contributed by atoms with Gasteiger partial charge in [0.25, 0.3) is 0 Å². The molecule has 2 aromatic rings. The molecular weight excluding hydrogens is 394 g/mol. The molecule has 1 aromatic carbocycles. The quantitative estimate of drug-likeness (QED) is 0.743. The number of nitrogens with zero attached hydrogens (tertiary/aromatic N) is 2. The summed E-state index contributed by atoms with van der Waals surface area (Å²) in [5.74, 6) is 0.00755. The summed E-state index contributed by atoms with van der Waals surface area (Å²) in [7, 11) is -3.01. The third-order valence-electron chi connectivity index (χ3n) is 4.92. The van der Waals surface area contributed by atoms with Crippen LogP contribution in [0.1, 0.15) is 42.4 Å². The Bertz CT molecular complexity index is 896. The van der Waals surface area contributed by atoms with Crippen LogP contribution in [-0.2, 0) is 27.5 Å². The molecule has 1 aliphatic heterocycles. The van der Waals surface area contributed by atoms with E-state index in [2.05, 4.69) is 24.1 Å². The van der Waals surface area contributed by atoms with E-state index in [1.807, 2.05) is 35.2 Å². The molecule has 1 aromatic heterocycles. The van der Waals surface area contributed by atoms with Crippen molar-refractivity contribution in [1.29, 1.82) is 0 Å². The molecular formula is C20H27N3O3S2. The van der Waals surface area contributed by atoms with Gasteiger partial charge in [0.1, 0.15) is 6.04 Å². The number of carbonyl (C=O) groups excluding carboxylic acids is 1. The summed E-state index contributed by atoms with van der Waals surface area (Å²) in [6.07, 6.45) is 2.82. The van der Waals surface area contributed by atoms with Gasteiger partial charge in [0.2, 0.25) is 5.91 Å². The van der Waals surface area contributed by atoms with Crippen molar-refractivity contribution in [2.24, 2.45) is 0 Å². The van der Waals surface area contributed by atoms with Gasteiger partial charge in [-0.05, 0) is 18.4 Å². The number of anilines is 1. The molecule has 2 heterocycles. The average Bonchev–Trinajstić information content (AvgIpc) is 3.06. The minimum Gasteiger partial charge on any atom is -0.300 e. The van der Waals surface area contributed by atoms with Crippen LogP contribution in [-0.4, -0.2) is 48.8 Å². The number of amides is 1. The highest BCUT2D eigenvalue weighted by Crippen LogP contribution is 2.28. The van der Waals surface area contributed by atoms with E-state index in [1.54, 1.807) is 0 Å². The van der Waals surface area contributed by atoms with Crippen LogP contribution in [0, 0.1) is 0 Å². The smallest absolute Gasteiger partial charge is 0.248 e. The normalized spacial score (nSPS) is 17.9. The predicted octanol–water partition coefficient (Wildman–Crippen LogP) is 3.07. The summed E-state index contributed by atoms with van der Waals surface area (Å²) in [6, 6.07) is 9.00. The van der Waals surface area contributed by atoms with Gasteiger partial charge in [-0.15, -0.1) is 11.3 Å². The summed E-state index contributed by atoms with van der Waals surface area (Å²) in [5.41, 5.74) is 1.92. The Kier molecular flexibility index (Phi) is 6.85. The first kappa shape index (κ1) is 21.0. The second-order valence-electron chi connectivity index (χ2n) is 6.98. The number of nitrogens with one attached hydrogen (secondary N) is 1. The predicted molar refractivity (Wildman–Crippen MR) is 114 cm³/mol. The van der Waals surface area contributed by atoms with Crippen molar-refractivity contribution >= 4 is 32.2 Å². The summed E-state index contributed by atoms with van der Waals surface area (Å²) in [6.45, 7) is 4.93. The first-order valence-corrected chi connectivity index (χ1v) is 12.4. The zero-order valence-electron chi connectivity index (χ0n) is 16.3. The number of benzene rings is 1. The lowest BCUT2D eigenvalue weighted by Gasteiger charge is -2.33. The van der Waals surface area contributed by atoms with Crippen LogP contribution in [0.5, 0.6) is 0 Å². The van der Waals surface area contributed by atoms with Crippen molar-refractivity contribution in [2.45, 2.75) is 39.2 Å². The van der Waals surface area contributed by atoms with Crippen LogP contribution in [0.25, 0.3) is 0 Å². The minimum atomic E-state index is -3.01. The number of thiazole rings is 1. The molecule has 0 bridgehead atoms. The minimum absolute atomic E-state index is 0.0848. The van der Waals surface area contributed by atoms with Crippen molar-refractivity contribution in [3.8, 4) is 0 Å². The van der Waals surface area contributed by atoms with Gasteiger partial charge in [-0.1, -0.05) is 50.6 Å². The van der Waals surface area contributed by atoms with Crippen LogP contribution in [0.3, 0.4) is 0 Å². The number of hydrogen-bond donors (Lipinski definition) is 1. The van der Waals surface area contributed by atoms with E-state index >= 15 is 0 Å². The fourth-order valence-corrected chi connectivity index (χ4v) is 5.65. The maximum atomic E-state index is 13.2. The number of hydrogen-bond acceptors (Lipinski definition) is 6. The van der Waals surface area contributed by atoms with Crippen LogP contribution in [0.2, 0.25) is 0 Å². The Morgan fingerprint density at radius 2 is 1.89 bits per heavy atom. The van der Waals surface area contributed by atoms with Gasteiger partial charge in [0, 0.05) is 18.0 Å². The molecule has 3 rings (SSSR count). The summed E-state index contributed by atoms with van der Waals surface area (Å²) in [4.78, 5) is 21.0. The van der Waals surface area contributed by atoms with E-state index in [-0.39, 0.29) is 17.4 Å². The van der Waals surface area contributed by atoms with Gasteiger partial charge in [-0.25, -0.2) is 13.4 Å². The van der Waals surface area contributed by atoms with Gasteiger partial charge in [-0.2, -0.15) is 0 Å². The Morgan fingerprint density at radius 3 is 2.50 bits per heavy atom. The molecule has 6 nitrogen and oxygen atoms in total. The van der Waals surface area contributed by atoms with E-state index in [1.165, 1.54) is 16.2 Å². The summed E-state index contributed by atoms with van der Waals surface area (Å²) < 4.78 is 23.6. The lowest BCUT2D eigenvalue weighted by molar-refractivity contribution is -0.121. The second-order valence-corrected chi connectivity index (χ2v) is 10.4. The third kappa shape index (κ3) is 4.98. The molecule has 1 unspecified atom stereocenters. The van der Waals surface area contributed by atoms with E-state index in [0.29, 0.717) is 18.2 Å². The summed E-state index contributed by atoms with van der Waals surface area (Å²) in [5, 5.41) is 3.61. The number of carbonyl (C=O) groups is 1. The molecule has 0 radical (unpaired) electrons. The molecule has 0 saturated carbocycles.